The second-order valence-corrected chi connectivity index (χ2v) is 4.64. The molecule has 2 heterocycles. The minimum Gasteiger partial charge on any atom is -0.370 e. The molecular formula is C15H21N5. The van der Waals surface area contributed by atoms with E-state index in [1.165, 1.54) is 0 Å². The number of pyridine rings is 1. The van der Waals surface area contributed by atoms with Gasteiger partial charge in [-0.1, -0.05) is 13.0 Å². The molecule has 106 valence electrons. The molecule has 0 aliphatic heterocycles. The van der Waals surface area contributed by atoms with Crippen molar-refractivity contribution in [3.05, 3.63) is 41.9 Å². The van der Waals surface area contributed by atoms with Gasteiger partial charge in [-0.2, -0.15) is 4.98 Å². The predicted octanol–water partition coefficient (Wildman–Crippen LogP) is 2.66. The lowest BCUT2D eigenvalue weighted by Crippen LogP contribution is -2.10. The molecule has 2 aromatic heterocycles. The molecular weight excluding hydrogens is 250 g/mol. The standard InChI is InChI=1S/C15H21N5/c1-3-8-18-15-19-12(2)11-14(20-15)17-10-7-13-6-4-5-9-16-13/h4-6,9,11H,3,7-8,10H2,1-2H3,(H2,17,18,19,20). The van der Waals surface area contributed by atoms with Crippen LogP contribution >= 0.6 is 0 Å². The molecule has 5 heteroatoms. The summed E-state index contributed by atoms with van der Waals surface area (Å²) in [5.74, 6) is 1.54. The van der Waals surface area contributed by atoms with Gasteiger partial charge in [-0.15, -0.1) is 0 Å². The van der Waals surface area contributed by atoms with E-state index >= 15 is 0 Å². The molecule has 20 heavy (non-hydrogen) atoms. The Morgan fingerprint density at radius 2 is 2.00 bits per heavy atom. The van der Waals surface area contributed by atoms with Crippen LogP contribution in [0.2, 0.25) is 0 Å². The van der Waals surface area contributed by atoms with Crippen molar-refractivity contribution < 1.29 is 0 Å². The number of aryl methyl sites for hydroxylation is 1. The summed E-state index contributed by atoms with van der Waals surface area (Å²) in [6.07, 6.45) is 3.75. The summed E-state index contributed by atoms with van der Waals surface area (Å²) in [6, 6.07) is 7.91. The van der Waals surface area contributed by atoms with Gasteiger partial charge in [0.05, 0.1) is 0 Å². The maximum atomic E-state index is 4.45. The zero-order valence-corrected chi connectivity index (χ0v) is 12.1. The van der Waals surface area contributed by atoms with Gasteiger partial charge in [-0.05, 0) is 25.5 Å². The van der Waals surface area contributed by atoms with E-state index in [2.05, 4.69) is 32.5 Å². The van der Waals surface area contributed by atoms with E-state index < -0.39 is 0 Å². The van der Waals surface area contributed by atoms with Crippen LogP contribution in [-0.4, -0.2) is 28.0 Å². The summed E-state index contributed by atoms with van der Waals surface area (Å²) in [4.78, 5) is 13.1. The minimum atomic E-state index is 0.687. The normalized spacial score (nSPS) is 10.3. The Kier molecular flexibility index (Phi) is 5.29. The van der Waals surface area contributed by atoms with Gasteiger partial charge >= 0.3 is 0 Å². The van der Waals surface area contributed by atoms with Crippen LogP contribution in [0.1, 0.15) is 24.7 Å². The molecule has 0 amide bonds. The molecule has 2 aromatic rings. The molecule has 0 aromatic carbocycles. The molecule has 0 saturated heterocycles. The maximum absolute atomic E-state index is 4.45. The van der Waals surface area contributed by atoms with E-state index in [9.17, 15) is 0 Å². The second kappa shape index (κ2) is 7.43. The Labute approximate surface area is 119 Å². The van der Waals surface area contributed by atoms with Gasteiger partial charge < -0.3 is 10.6 Å². The highest BCUT2D eigenvalue weighted by atomic mass is 15.1. The summed E-state index contributed by atoms with van der Waals surface area (Å²) in [5, 5.41) is 6.53. The highest BCUT2D eigenvalue weighted by Gasteiger charge is 2.01. The highest BCUT2D eigenvalue weighted by molar-refractivity contribution is 5.42. The third-order valence-corrected chi connectivity index (χ3v) is 2.80. The molecule has 0 atom stereocenters. The van der Waals surface area contributed by atoms with Crippen molar-refractivity contribution in [1.29, 1.82) is 0 Å². The topological polar surface area (TPSA) is 62.7 Å². The summed E-state index contributed by atoms with van der Waals surface area (Å²) in [7, 11) is 0. The van der Waals surface area contributed by atoms with Crippen molar-refractivity contribution in [1.82, 2.24) is 15.0 Å². The summed E-state index contributed by atoms with van der Waals surface area (Å²) in [5.41, 5.74) is 2.04. The van der Waals surface area contributed by atoms with E-state index in [1.807, 2.05) is 37.4 Å². The van der Waals surface area contributed by atoms with Gasteiger partial charge in [0.2, 0.25) is 5.95 Å². The molecule has 0 spiro atoms. The first-order chi connectivity index (χ1) is 9.78. The van der Waals surface area contributed by atoms with Gasteiger partial charge in [0.15, 0.2) is 0 Å². The summed E-state index contributed by atoms with van der Waals surface area (Å²) < 4.78 is 0. The van der Waals surface area contributed by atoms with Crippen LogP contribution < -0.4 is 10.6 Å². The fourth-order valence-electron chi connectivity index (χ4n) is 1.84. The number of aromatic nitrogens is 3. The smallest absolute Gasteiger partial charge is 0.224 e. The monoisotopic (exact) mass is 271 g/mol. The Morgan fingerprint density at radius 3 is 2.75 bits per heavy atom. The van der Waals surface area contributed by atoms with Crippen molar-refractivity contribution in [2.45, 2.75) is 26.7 Å². The van der Waals surface area contributed by atoms with Crippen LogP contribution in [-0.2, 0) is 6.42 Å². The van der Waals surface area contributed by atoms with Gasteiger partial charge in [0.1, 0.15) is 5.82 Å². The number of rotatable bonds is 7. The van der Waals surface area contributed by atoms with E-state index in [4.69, 9.17) is 0 Å². The lowest BCUT2D eigenvalue weighted by molar-refractivity contribution is 0.930. The fourth-order valence-corrected chi connectivity index (χ4v) is 1.84. The van der Waals surface area contributed by atoms with E-state index in [-0.39, 0.29) is 0 Å². The number of hydrogen-bond donors (Lipinski definition) is 2. The molecule has 0 aliphatic rings. The molecule has 0 saturated carbocycles. The van der Waals surface area contributed by atoms with Gasteiger partial charge in [-0.25, -0.2) is 4.98 Å². The SMILES string of the molecule is CCCNc1nc(C)cc(NCCc2ccccn2)n1. The Bertz CT molecular complexity index is 527. The van der Waals surface area contributed by atoms with Crippen LogP contribution in [0.25, 0.3) is 0 Å². The lowest BCUT2D eigenvalue weighted by Gasteiger charge is -2.09. The second-order valence-electron chi connectivity index (χ2n) is 4.64. The Morgan fingerprint density at radius 1 is 1.10 bits per heavy atom. The largest absolute Gasteiger partial charge is 0.370 e. The third kappa shape index (κ3) is 4.50. The molecule has 0 bridgehead atoms. The number of hydrogen-bond acceptors (Lipinski definition) is 5. The molecule has 0 fully saturated rings. The maximum Gasteiger partial charge on any atom is 0.224 e. The van der Waals surface area contributed by atoms with Crippen LogP contribution in [0.5, 0.6) is 0 Å². The number of nitrogens with zero attached hydrogens (tertiary/aromatic N) is 3. The molecule has 2 rings (SSSR count). The first-order valence-corrected chi connectivity index (χ1v) is 7.01. The molecule has 0 aliphatic carbocycles. The quantitative estimate of drug-likeness (QED) is 0.810. The number of nitrogens with one attached hydrogen (secondary N) is 2. The first-order valence-electron chi connectivity index (χ1n) is 7.01. The Hall–Kier alpha value is -2.17. The zero-order valence-electron chi connectivity index (χ0n) is 12.1. The Balaban J connectivity index is 1.90. The van der Waals surface area contributed by atoms with Crippen molar-refractivity contribution in [3.8, 4) is 0 Å². The van der Waals surface area contributed by atoms with Gasteiger partial charge in [0, 0.05) is 43.2 Å². The average molecular weight is 271 g/mol. The molecule has 0 unspecified atom stereocenters. The molecule has 5 nitrogen and oxygen atoms in total. The summed E-state index contributed by atoms with van der Waals surface area (Å²) >= 11 is 0. The van der Waals surface area contributed by atoms with Crippen molar-refractivity contribution in [2.24, 2.45) is 0 Å². The fraction of sp³-hybridized carbons (Fsp3) is 0.400. The van der Waals surface area contributed by atoms with Crippen molar-refractivity contribution >= 4 is 11.8 Å². The lowest BCUT2D eigenvalue weighted by atomic mass is 10.3. The van der Waals surface area contributed by atoms with Crippen LogP contribution in [0.4, 0.5) is 11.8 Å². The van der Waals surface area contributed by atoms with Crippen LogP contribution in [0.15, 0.2) is 30.5 Å². The zero-order chi connectivity index (χ0) is 14.2. The predicted molar refractivity (Wildman–Crippen MR) is 82.0 cm³/mol. The minimum absolute atomic E-state index is 0.687. The van der Waals surface area contributed by atoms with Crippen molar-refractivity contribution in [2.75, 3.05) is 23.7 Å². The average Bonchev–Trinajstić information content (AvgIpc) is 2.46. The molecule has 0 radical (unpaired) electrons. The van der Waals surface area contributed by atoms with Gasteiger partial charge in [-0.3, -0.25) is 4.98 Å². The van der Waals surface area contributed by atoms with Crippen molar-refractivity contribution in [3.63, 3.8) is 0 Å². The van der Waals surface area contributed by atoms with Gasteiger partial charge in [0.25, 0.3) is 0 Å². The van der Waals surface area contributed by atoms with E-state index in [0.29, 0.717) is 5.95 Å². The third-order valence-electron chi connectivity index (χ3n) is 2.80. The summed E-state index contributed by atoms with van der Waals surface area (Å²) in [6.45, 7) is 5.79. The molecule has 2 N–H and O–H groups in total. The van der Waals surface area contributed by atoms with Crippen LogP contribution in [0, 0.1) is 6.92 Å². The van der Waals surface area contributed by atoms with Crippen LogP contribution in [0.3, 0.4) is 0 Å². The van der Waals surface area contributed by atoms with E-state index in [1.54, 1.807) is 0 Å². The number of anilines is 2. The highest BCUT2D eigenvalue weighted by Crippen LogP contribution is 2.09. The first kappa shape index (κ1) is 14.2. The van der Waals surface area contributed by atoms with E-state index in [0.717, 1.165) is 43.1 Å².